The molecular formula is C8H10INO. The van der Waals surface area contributed by atoms with Crippen LogP contribution in [0.5, 0.6) is 0 Å². The zero-order valence-electron chi connectivity index (χ0n) is 6.05. The molecule has 0 bridgehead atoms. The van der Waals surface area contributed by atoms with E-state index in [1.807, 2.05) is 24.3 Å². The second-order valence-electron chi connectivity index (χ2n) is 2.13. The van der Waals surface area contributed by atoms with Gasteiger partial charge in [-0.3, -0.25) is 0 Å². The average Bonchev–Trinajstić information content (AvgIpc) is 2.03. The first-order chi connectivity index (χ1) is 5.34. The molecule has 0 saturated heterocycles. The second kappa shape index (κ2) is 4.56. The Morgan fingerprint density at radius 1 is 1.36 bits per heavy atom. The summed E-state index contributed by atoms with van der Waals surface area (Å²) in [4.78, 5) is 0. The van der Waals surface area contributed by atoms with Gasteiger partial charge in [-0.2, -0.15) is 0 Å². The highest BCUT2D eigenvalue weighted by atomic mass is 127. The SMILES string of the molecule is OCCNc1ccccc1I. The van der Waals surface area contributed by atoms with Gasteiger partial charge in [0.2, 0.25) is 0 Å². The van der Waals surface area contributed by atoms with Gasteiger partial charge in [0.15, 0.2) is 0 Å². The van der Waals surface area contributed by atoms with E-state index >= 15 is 0 Å². The fraction of sp³-hybridized carbons (Fsp3) is 0.250. The van der Waals surface area contributed by atoms with Crippen molar-refractivity contribution in [3.8, 4) is 0 Å². The van der Waals surface area contributed by atoms with Crippen molar-refractivity contribution in [2.24, 2.45) is 0 Å². The van der Waals surface area contributed by atoms with Gasteiger partial charge in [-0.1, -0.05) is 12.1 Å². The van der Waals surface area contributed by atoms with E-state index in [0.29, 0.717) is 6.54 Å². The van der Waals surface area contributed by atoms with E-state index in [1.54, 1.807) is 0 Å². The second-order valence-corrected chi connectivity index (χ2v) is 3.29. The minimum Gasteiger partial charge on any atom is -0.395 e. The van der Waals surface area contributed by atoms with Crippen LogP contribution in [0, 0.1) is 3.57 Å². The Kier molecular flexibility index (Phi) is 3.65. The quantitative estimate of drug-likeness (QED) is 0.813. The maximum Gasteiger partial charge on any atom is 0.0604 e. The van der Waals surface area contributed by atoms with Crippen molar-refractivity contribution in [2.75, 3.05) is 18.5 Å². The van der Waals surface area contributed by atoms with Gasteiger partial charge in [0.05, 0.1) is 6.61 Å². The maximum absolute atomic E-state index is 8.55. The normalized spacial score (nSPS) is 9.64. The van der Waals surface area contributed by atoms with Gasteiger partial charge in [-0.25, -0.2) is 0 Å². The number of nitrogens with one attached hydrogen (secondary N) is 1. The van der Waals surface area contributed by atoms with Crippen molar-refractivity contribution in [2.45, 2.75) is 0 Å². The lowest BCUT2D eigenvalue weighted by molar-refractivity contribution is 0.311. The molecule has 0 fully saturated rings. The average molecular weight is 263 g/mol. The molecule has 1 rings (SSSR count). The fourth-order valence-corrected chi connectivity index (χ4v) is 1.37. The molecule has 0 aliphatic rings. The van der Waals surface area contributed by atoms with Crippen molar-refractivity contribution in [3.63, 3.8) is 0 Å². The van der Waals surface area contributed by atoms with Crippen molar-refractivity contribution in [1.29, 1.82) is 0 Å². The molecule has 0 spiro atoms. The number of rotatable bonds is 3. The van der Waals surface area contributed by atoms with Crippen LogP contribution in [0.1, 0.15) is 0 Å². The Morgan fingerprint density at radius 3 is 2.73 bits per heavy atom. The van der Waals surface area contributed by atoms with Crippen LogP contribution in [0.2, 0.25) is 0 Å². The first kappa shape index (κ1) is 8.80. The number of anilines is 1. The molecule has 0 aromatic heterocycles. The van der Waals surface area contributed by atoms with E-state index in [-0.39, 0.29) is 6.61 Å². The molecule has 1 aromatic rings. The lowest BCUT2D eigenvalue weighted by Gasteiger charge is -2.05. The lowest BCUT2D eigenvalue weighted by Crippen LogP contribution is -2.06. The summed E-state index contributed by atoms with van der Waals surface area (Å²) in [6, 6.07) is 7.99. The van der Waals surface area contributed by atoms with E-state index in [9.17, 15) is 0 Å². The Morgan fingerprint density at radius 2 is 2.09 bits per heavy atom. The number of hydrogen-bond donors (Lipinski definition) is 2. The molecule has 0 unspecified atom stereocenters. The number of aliphatic hydroxyl groups is 1. The minimum absolute atomic E-state index is 0.172. The van der Waals surface area contributed by atoms with E-state index in [1.165, 1.54) is 3.57 Å². The van der Waals surface area contributed by atoms with Crippen LogP contribution in [0.3, 0.4) is 0 Å². The smallest absolute Gasteiger partial charge is 0.0604 e. The molecule has 0 saturated carbocycles. The van der Waals surface area contributed by atoms with Gasteiger partial charge in [-0.15, -0.1) is 0 Å². The Labute approximate surface area is 79.8 Å². The standard InChI is InChI=1S/C8H10INO/c9-7-3-1-2-4-8(7)10-5-6-11/h1-4,10-11H,5-6H2. The van der Waals surface area contributed by atoms with Gasteiger partial charge in [0, 0.05) is 15.8 Å². The lowest BCUT2D eigenvalue weighted by atomic mass is 10.3. The molecule has 2 nitrogen and oxygen atoms in total. The van der Waals surface area contributed by atoms with Crippen molar-refractivity contribution >= 4 is 28.3 Å². The molecule has 1 aromatic carbocycles. The topological polar surface area (TPSA) is 32.3 Å². The van der Waals surface area contributed by atoms with Crippen LogP contribution in [0.25, 0.3) is 0 Å². The largest absolute Gasteiger partial charge is 0.395 e. The minimum atomic E-state index is 0.172. The summed E-state index contributed by atoms with van der Waals surface area (Å²) in [5, 5.41) is 11.7. The number of para-hydroxylation sites is 1. The molecule has 11 heavy (non-hydrogen) atoms. The van der Waals surface area contributed by atoms with Gasteiger partial charge < -0.3 is 10.4 Å². The highest BCUT2D eigenvalue weighted by molar-refractivity contribution is 14.1. The van der Waals surface area contributed by atoms with Crippen LogP contribution < -0.4 is 5.32 Å². The van der Waals surface area contributed by atoms with E-state index < -0.39 is 0 Å². The molecule has 0 atom stereocenters. The van der Waals surface area contributed by atoms with Gasteiger partial charge in [0.1, 0.15) is 0 Å². The van der Waals surface area contributed by atoms with Gasteiger partial charge in [0.25, 0.3) is 0 Å². The molecule has 0 radical (unpaired) electrons. The summed E-state index contributed by atoms with van der Waals surface area (Å²) in [5.41, 5.74) is 1.09. The molecule has 0 heterocycles. The third-order valence-corrected chi connectivity index (χ3v) is 2.24. The third-order valence-electron chi connectivity index (χ3n) is 1.30. The summed E-state index contributed by atoms with van der Waals surface area (Å²) in [7, 11) is 0. The Balaban J connectivity index is 2.62. The van der Waals surface area contributed by atoms with E-state index in [2.05, 4.69) is 27.9 Å². The van der Waals surface area contributed by atoms with Gasteiger partial charge in [-0.05, 0) is 34.7 Å². The predicted molar refractivity (Wildman–Crippen MR) is 54.7 cm³/mol. The van der Waals surface area contributed by atoms with Crippen molar-refractivity contribution < 1.29 is 5.11 Å². The summed E-state index contributed by atoms with van der Waals surface area (Å²) < 4.78 is 1.18. The molecule has 2 N–H and O–H groups in total. The predicted octanol–water partition coefficient (Wildman–Crippen LogP) is 1.70. The van der Waals surface area contributed by atoms with Crippen LogP contribution in [0.4, 0.5) is 5.69 Å². The Hall–Kier alpha value is -0.290. The van der Waals surface area contributed by atoms with Crippen molar-refractivity contribution in [3.05, 3.63) is 27.8 Å². The monoisotopic (exact) mass is 263 g/mol. The number of benzene rings is 1. The van der Waals surface area contributed by atoms with Crippen molar-refractivity contribution in [1.82, 2.24) is 0 Å². The molecule has 0 aliphatic heterocycles. The molecule has 0 amide bonds. The Bertz CT molecular complexity index is 227. The maximum atomic E-state index is 8.55. The number of hydrogen-bond acceptors (Lipinski definition) is 2. The summed E-state index contributed by atoms with van der Waals surface area (Å²) >= 11 is 2.26. The van der Waals surface area contributed by atoms with Crippen LogP contribution in [0.15, 0.2) is 24.3 Å². The first-order valence-electron chi connectivity index (χ1n) is 3.44. The zero-order chi connectivity index (χ0) is 8.10. The van der Waals surface area contributed by atoms with Crippen LogP contribution in [-0.2, 0) is 0 Å². The zero-order valence-corrected chi connectivity index (χ0v) is 8.21. The highest BCUT2D eigenvalue weighted by Crippen LogP contribution is 2.15. The highest BCUT2D eigenvalue weighted by Gasteiger charge is 1.94. The fourth-order valence-electron chi connectivity index (χ4n) is 0.795. The van der Waals surface area contributed by atoms with E-state index in [0.717, 1.165) is 5.69 Å². The van der Waals surface area contributed by atoms with Gasteiger partial charge >= 0.3 is 0 Å². The third kappa shape index (κ3) is 2.67. The van der Waals surface area contributed by atoms with E-state index in [4.69, 9.17) is 5.11 Å². The first-order valence-corrected chi connectivity index (χ1v) is 4.51. The van der Waals surface area contributed by atoms with Crippen LogP contribution >= 0.6 is 22.6 Å². The molecular weight excluding hydrogens is 253 g/mol. The molecule has 0 aliphatic carbocycles. The van der Waals surface area contributed by atoms with Crippen LogP contribution in [-0.4, -0.2) is 18.3 Å². The molecule has 60 valence electrons. The number of aliphatic hydroxyl groups excluding tert-OH is 1. The summed E-state index contributed by atoms with van der Waals surface area (Å²) in [6.45, 7) is 0.783. The molecule has 3 heteroatoms. The number of halogens is 1. The summed E-state index contributed by atoms with van der Waals surface area (Å²) in [6.07, 6.45) is 0. The summed E-state index contributed by atoms with van der Waals surface area (Å²) in [5.74, 6) is 0.